The predicted octanol–water partition coefficient (Wildman–Crippen LogP) is 4.30. The number of benzene rings is 2. The van der Waals surface area contributed by atoms with Crippen molar-refractivity contribution in [1.29, 1.82) is 0 Å². The minimum absolute atomic E-state index is 0.376. The maximum atomic E-state index is 12.7. The van der Waals surface area contributed by atoms with Gasteiger partial charge in [-0.15, -0.1) is 0 Å². The molecular weight excluding hydrogens is 342 g/mol. The third-order valence-corrected chi connectivity index (χ3v) is 5.53. The van der Waals surface area contributed by atoms with E-state index in [-0.39, 0.29) is 0 Å². The zero-order valence-electron chi connectivity index (χ0n) is 15.1. The first-order chi connectivity index (χ1) is 12.7. The van der Waals surface area contributed by atoms with E-state index in [9.17, 15) is 4.21 Å². The lowest BCUT2D eigenvalue weighted by Crippen LogP contribution is -2.23. The molecule has 2 aromatic carbocycles. The Morgan fingerprint density at radius 3 is 2.12 bits per heavy atom. The number of nitrogens with zero attached hydrogens (tertiary/aromatic N) is 3. The van der Waals surface area contributed by atoms with E-state index in [4.69, 9.17) is 4.98 Å². The number of rotatable bonds is 7. The normalized spacial score (nSPS) is 11.9. The highest BCUT2D eigenvalue weighted by Gasteiger charge is 2.13. The Morgan fingerprint density at radius 1 is 0.885 bits per heavy atom. The number of hydrogen-bond donors (Lipinski definition) is 0. The largest absolute Gasteiger partial charge is 0.357 e. The van der Waals surface area contributed by atoms with E-state index in [1.807, 2.05) is 66.7 Å². The number of hydrogen-bond acceptors (Lipinski definition) is 4. The van der Waals surface area contributed by atoms with Crippen molar-refractivity contribution in [2.45, 2.75) is 24.5 Å². The first kappa shape index (κ1) is 18.3. The van der Waals surface area contributed by atoms with Gasteiger partial charge in [0.1, 0.15) is 5.82 Å². The smallest absolute Gasteiger partial charge is 0.161 e. The molecule has 3 aromatic rings. The molecule has 1 heterocycles. The zero-order valence-corrected chi connectivity index (χ0v) is 15.9. The van der Waals surface area contributed by atoms with Crippen molar-refractivity contribution in [3.05, 3.63) is 72.4 Å². The van der Waals surface area contributed by atoms with Gasteiger partial charge in [-0.1, -0.05) is 48.5 Å². The van der Waals surface area contributed by atoms with Crippen LogP contribution in [0.2, 0.25) is 0 Å². The summed E-state index contributed by atoms with van der Waals surface area (Å²) >= 11 is 0. The molecule has 0 fully saturated rings. The summed E-state index contributed by atoms with van der Waals surface area (Å²) in [5, 5.41) is 0. The van der Waals surface area contributed by atoms with Gasteiger partial charge in [0.05, 0.1) is 22.2 Å². The van der Waals surface area contributed by atoms with Gasteiger partial charge >= 0.3 is 0 Å². The second kappa shape index (κ2) is 8.72. The molecule has 0 spiro atoms. The highest BCUT2D eigenvalue weighted by atomic mass is 32.2. The maximum absolute atomic E-state index is 12.7. The van der Waals surface area contributed by atoms with Crippen molar-refractivity contribution < 1.29 is 4.21 Å². The van der Waals surface area contributed by atoms with Crippen LogP contribution in [-0.4, -0.2) is 27.3 Å². The molecule has 3 rings (SSSR count). The summed E-state index contributed by atoms with van der Waals surface area (Å²) in [6.07, 6.45) is 0. The van der Waals surface area contributed by atoms with E-state index in [0.29, 0.717) is 11.6 Å². The summed E-state index contributed by atoms with van der Waals surface area (Å²) in [5.41, 5.74) is 1.76. The molecule has 0 aliphatic carbocycles. The molecule has 1 atom stereocenters. The van der Waals surface area contributed by atoms with Crippen LogP contribution in [0.3, 0.4) is 0 Å². The Hall–Kier alpha value is -2.53. The molecule has 0 N–H and O–H groups in total. The molecule has 134 valence electrons. The standard InChI is InChI=1S/C21H23N3OS/c1-3-24(4-2)20-15-18(16-26(25)19-13-9-6-10-14-19)22-21(23-20)17-11-7-5-8-12-17/h5-15H,3-4,16H2,1-2H3/t26-/m0/s1. The van der Waals surface area contributed by atoms with Crippen LogP contribution in [-0.2, 0) is 16.6 Å². The first-order valence-electron chi connectivity index (χ1n) is 8.83. The molecule has 0 radical (unpaired) electrons. The first-order valence-corrected chi connectivity index (χ1v) is 10.1. The molecule has 0 aliphatic heterocycles. The van der Waals surface area contributed by atoms with Crippen LogP contribution >= 0.6 is 0 Å². The van der Waals surface area contributed by atoms with Crippen molar-refractivity contribution >= 4 is 16.6 Å². The third kappa shape index (κ3) is 4.35. The van der Waals surface area contributed by atoms with Gasteiger partial charge in [-0.05, 0) is 26.0 Å². The Bertz CT molecular complexity index is 865. The van der Waals surface area contributed by atoms with Crippen molar-refractivity contribution in [3.63, 3.8) is 0 Å². The number of aromatic nitrogens is 2. The predicted molar refractivity (Wildman–Crippen MR) is 108 cm³/mol. The Morgan fingerprint density at radius 2 is 1.50 bits per heavy atom. The fourth-order valence-electron chi connectivity index (χ4n) is 2.77. The Labute approximate surface area is 157 Å². The van der Waals surface area contributed by atoms with E-state index in [0.717, 1.165) is 35.1 Å². The van der Waals surface area contributed by atoms with E-state index >= 15 is 0 Å². The van der Waals surface area contributed by atoms with Crippen molar-refractivity contribution in [2.24, 2.45) is 0 Å². The molecule has 0 unspecified atom stereocenters. The van der Waals surface area contributed by atoms with Gasteiger partial charge in [0.2, 0.25) is 0 Å². The van der Waals surface area contributed by atoms with Gasteiger partial charge in [0.25, 0.3) is 0 Å². The minimum Gasteiger partial charge on any atom is -0.357 e. The second-order valence-electron chi connectivity index (χ2n) is 5.88. The summed E-state index contributed by atoms with van der Waals surface area (Å²) in [6, 6.07) is 21.4. The lowest BCUT2D eigenvalue weighted by molar-refractivity contribution is 0.682. The fourth-order valence-corrected chi connectivity index (χ4v) is 3.82. The van der Waals surface area contributed by atoms with Crippen LogP contribution in [0.1, 0.15) is 19.5 Å². The molecule has 0 bridgehead atoms. The van der Waals surface area contributed by atoms with E-state index < -0.39 is 10.8 Å². The molecule has 0 saturated heterocycles. The van der Waals surface area contributed by atoms with Crippen LogP contribution < -0.4 is 4.90 Å². The van der Waals surface area contributed by atoms with Crippen LogP contribution in [0, 0.1) is 0 Å². The van der Waals surface area contributed by atoms with Gasteiger partial charge in [0, 0.05) is 29.6 Å². The summed E-state index contributed by atoms with van der Waals surface area (Å²) in [7, 11) is -1.13. The van der Waals surface area contributed by atoms with Crippen LogP contribution in [0.25, 0.3) is 11.4 Å². The molecule has 26 heavy (non-hydrogen) atoms. The van der Waals surface area contributed by atoms with Crippen molar-refractivity contribution in [3.8, 4) is 11.4 Å². The minimum atomic E-state index is -1.13. The monoisotopic (exact) mass is 365 g/mol. The molecule has 0 saturated carbocycles. The molecule has 0 amide bonds. The average Bonchev–Trinajstić information content (AvgIpc) is 2.70. The van der Waals surface area contributed by atoms with Crippen LogP contribution in [0.4, 0.5) is 5.82 Å². The third-order valence-electron chi connectivity index (χ3n) is 4.17. The zero-order chi connectivity index (χ0) is 18.4. The SMILES string of the molecule is CCN(CC)c1cc(C[S@](=O)c2ccccc2)nc(-c2ccccc2)n1. The maximum Gasteiger partial charge on any atom is 0.161 e. The highest BCUT2D eigenvalue weighted by molar-refractivity contribution is 7.84. The average molecular weight is 366 g/mol. The topological polar surface area (TPSA) is 46.1 Å². The Kier molecular flexibility index (Phi) is 6.12. The van der Waals surface area contributed by atoms with E-state index in [1.165, 1.54) is 0 Å². The van der Waals surface area contributed by atoms with E-state index in [1.54, 1.807) is 0 Å². The lowest BCUT2D eigenvalue weighted by Gasteiger charge is -2.21. The summed E-state index contributed by atoms with van der Waals surface area (Å²) in [4.78, 5) is 12.4. The van der Waals surface area contributed by atoms with Crippen LogP contribution in [0.15, 0.2) is 71.6 Å². The number of anilines is 1. The summed E-state index contributed by atoms with van der Waals surface area (Å²) in [6.45, 7) is 5.94. The summed E-state index contributed by atoms with van der Waals surface area (Å²) < 4.78 is 12.7. The molecule has 5 heteroatoms. The molecule has 0 aliphatic rings. The summed E-state index contributed by atoms with van der Waals surface area (Å²) in [5.74, 6) is 1.93. The van der Waals surface area contributed by atoms with Crippen LogP contribution in [0.5, 0.6) is 0 Å². The quantitative estimate of drug-likeness (QED) is 0.626. The molecular formula is C21H23N3OS. The highest BCUT2D eigenvalue weighted by Crippen LogP contribution is 2.22. The fraction of sp³-hybridized carbons (Fsp3) is 0.238. The van der Waals surface area contributed by atoms with Gasteiger partial charge in [-0.25, -0.2) is 9.97 Å². The van der Waals surface area contributed by atoms with Crippen molar-refractivity contribution in [2.75, 3.05) is 18.0 Å². The van der Waals surface area contributed by atoms with Crippen molar-refractivity contribution in [1.82, 2.24) is 9.97 Å². The molecule has 4 nitrogen and oxygen atoms in total. The van der Waals surface area contributed by atoms with Gasteiger partial charge < -0.3 is 4.90 Å². The van der Waals surface area contributed by atoms with Gasteiger partial charge in [-0.3, -0.25) is 4.21 Å². The Balaban J connectivity index is 1.98. The molecule has 1 aromatic heterocycles. The van der Waals surface area contributed by atoms with Gasteiger partial charge in [-0.2, -0.15) is 0 Å². The van der Waals surface area contributed by atoms with Gasteiger partial charge in [0.15, 0.2) is 5.82 Å². The second-order valence-corrected chi connectivity index (χ2v) is 7.33. The lowest BCUT2D eigenvalue weighted by atomic mass is 10.2. The van der Waals surface area contributed by atoms with E-state index in [2.05, 4.69) is 23.7 Å².